The molecular weight excluding hydrogens is 346 g/mol. The van der Waals surface area contributed by atoms with Crippen molar-refractivity contribution in [2.45, 2.75) is 18.9 Å². The van der Waals surface area contributed by atoms with Gasteiger partial charge in [0, 0.05) is 35.9 Å². The third-order valence-corrected chi connectivity index (χ3v) is 5.91. The third kappa shape index (κ3) is 3.43. The number of carbonyl (C=O) groups excluding carboxylic acids is 1. The molecule has 0 bridgehead atoms. The largest absolute Gasteiger partial charge is 0.387 e. The maximum absolute atomic E-state index is 12.9. The molecule has 4 rings (SSSR count). The summed E-state index contributed by atoms with van der Waals surface area (Å²) in [5.41, 5.74) is 1.55. The van der Waals surface area contributed by atoms with Crippen LogP contribution in [0.25, 0.3) is 5.69 Å². The molecule has 134 valence electrons. The van der Waals surface area contributed by atoms with Crippen molar-refractivity contribution in [1.29, 1.82) is 0 Å². The number of benzene rings is 1. The number of likely N-dealkylation sites (tertiary alicyclic amines) is 1. The van der Waals surface area contributed by atoms with Gasteiger partial charge in [0.1, 0.15) is 0 Å². The fraction of sp³-hybridized carbons (Fsp3) is 0.300. The Morgan fingerprint density at radius 3 is 2.73 bits per heavy atom. The normalized spacial score (nSPS) is 16.6. The molecule has 3 aromatic rings. The average molecular weight is 367 g/mol. The summed E-state index contributed by atoms with van der Waals surface area (Å²) >= 11 is 1.59. The van der Waals surface area contributed by atoms with Gasteiger partial charge in [-0.25, -0.2) is 4.68 Å². The quantitative estimate of drug-likeness (QED) is 0.768. The van der Waals surface area contributed by atoms with E-state index in [1.807, 2.05) is 58.9 Å². The van der Waals surface area contributed by atoms with Crippen LogP contribution in [0.4, 0.5) is 0 Å². The molecule has 1 fully saturated rings. The highest BCUT2D eigenvalue weighted by molar-refractivity contribution is 7.10. The monoisotopic (exact) mass is 367 g/mol. The lowest BCUT2D eigenvalue weighted by atomic mass is 9.90. The molecule has 1 aliphatic rings. The van der Waals surface area contributed by atoms with E-state index in [0.717, 1.165) is 23.4 Å². The van der Waals surface area contributed by atoms with Gasteiger partial charge in [0.25, 0.3) is 5.91 Å². The number of piperidine rings is 1. The number of aliphatic hydroxyl groups excluding tert-OH is 1. The van der Waals surface area contributed by atoms with Crippen LogP contribution in [0.1, 0.15) is 34.2 Å². The summed E-state index contributed by atoms with van der Waals surface area (Å²) in [6.07, 6.45) is 4.81. The highest BCUT2D eigenvalue weighted by Gasteiger charge is 2.29. The number of aromatic nitrogens is 2. The van der Waals surface area contributed by atoms with E-state index >= 15 is 0 Å². The van der Waals surface area contributed by atoms with Crippen LogP contribution in [0, 0.1) is 5.92 Å². The lowest BCUT2D eigenvalue weighted by Gasteiger charge is -2.34. The first-order valence-corrected chi connectivity index (χ1v) is 9.71. The van der Waals surface area contributed by atoms with Gasteiger partial charge in [-0.2, -0.15) is 5.10 Å². The molecule has 1 atom stereocenters. The Kier molecular flexibility index (Phi) is 4.86. The molecule has 2 aromatic heterocycles. The molecule has 6 heteroatoms. The summed E-state index contributed by atoms with van der Waals surface area (Å²) in [6.45, 7) is 1.36. The van der Waals surface area contributed by atoms with Crippen molar-refractivity contribution < 1.29 is 9.90 Å². The molecule has 3 heterocycles. The molecule has 1 saturated heterocycles. The van der Waals surface area contributed by atoms with Crippen molar-refractivity contribution >= 4 is 17.2 Å². The Hall–Kier alpha value is -2.44. The van der Waals surface area contributed by atoms with Crippen molar-refractivity contribution in [2.75, 3.05) is 13.1 Å². The van der Waals surface area contributed by atoms with Gasteiger partial charge in [0.15, 0.2) is 0 Å². The van der Waals surface area contributed by atoms with Crippen LogP contribution < -0.4 is 0 Å². The van der Waals surface area contributed by atoms with Crippen LogP contribution in [0.3, 0.4) is 0 Å². The van der Waals surface area contributed by atoms with Gasteiger partial charge in [-0.3, -0.25) is 4.79 Å². The Morgan fingerprint density at radius 2 is 2.04 bits per heavy atom. The zero-order valence-corrected chi connectivity index (χ0v) is 15.2. The van der Waals surface area contributed by atoms with Crippen LogP contribution in [0.15, 0.2) is 60.2 Å². The number of aliphatic hydroxyl groups is 1. The van der Waals surface area contributed by atoms with Crippen LogP contribution >= 0.6 is 11.3 Å². The number of amides is 1. The molecule has 0 spiro atoms. The van der Waals surface area contributed by atoms with Gasteiger partial charge >= 0.3 is 0 Å². The lowest BCUT2D eigenvalue weighted by Crippen LogP contribution is -2.39. The van der Waals surface area contributed by atoms with Gasteiger partial charge in [0.2, 0.25) is 0 Å². The van der Waals surface area contributed by atoms with E-state index in [2.05, 4.69) is 5.10 Å². The first kappa shape index (κ1) is 17.0. The number of nitrogens with zero attached hydrogens (tertiary/aromatic N) is 3. The Labute approximate surface area is 156 Å². The summed E-state index contributed by atoms with van der Waals surface area (Å²) in [5.74, 6) is 0.260. The average Bonchev–Trinajstić information content (AvgIpc) is 3.41. The smallest absolute Gasteiger partial charge is 0.253 e. The summed E-state index contributed by atoms with van der Waals surface area (Å²) in [7, 11) is 0. The second kappa shape index (κ2) is 7.43. The fourth-order valence-electron chi connectivity index (χ4n) is 3.50. The van der Waals surface area contributed by atoms with Crippen molar-refractivity contribution in [3.8, 4) is 5.69 Å². The Morgan fingerprint density at radius 1 is 1.19 bits per heavy atom. The second-order valence-corrected chi connectivity index (χ2v) is 7.57. The van der Waals surface area contributed by atoms with E-state index in [1.165, 1.54) is 0 Å². The molecule has 0 unspecified atom stereocenters. The number of thiophene rings is 1. The SMILES string of the molecule is O=C(c1cccc(-n2cccn2)c1)N1CCC([C@H](O)c2cccs2)CC1. The number of carbonyl (C=O) groups is 1. The van der Waals surface area contributed by atoms with E-state index in [4.69, 9.17) is 0 Å². The van der Waals surface area contributed by atoms with Crippen molar-refractivity contribution in [1.82, 2.24) is 14.7 Å². The fourth-order valence-corrected chi connectivity index (χ4v) is 4.30. The molecule has 0 aliphatic carbocycles. The van der Waals surface area contributed by atoms with Gasteiger partial charge < -0.3 is 10.0 Å². The van der Waals surface area contributed by atoms with Gasteiger partial charge in [-0.05, 0) is 54.5 Å². The number of hydrogen-bond donors (Lipinski definition) is 1. The number of hydrogen-bond acceptors (Lipinski definition) is 4. The number of rotatable bonds is 4. The van der Waals surface area contributed by atoms with Crippen LogP contribution in [-0.2, 0) is 0 Å². The van der Waals surface area contributed by atoms with Crippen molar-refractivity contribution in [3.63, 3.8) is 0 Å². The molecule has 5 nitrogen and oxygen atoms in total. The minimum absolute atomic E-state index is 0.0445. The first-order chi connectivity index (χ1) is 12.7. The van der Waals surface area contributed by atoms with E-state index in [-0.39, 0.29) is 11.8 Å². The standard InChI is InChI=1S/C20H21N3O2S/c24-19(18-6-2-13-26-18)15-7-11-22(12-8-15)20(25)16-4-1-5-17(14-16)23-10-3-9-21-23/h1-6,9-10,13-15,19,24H,7-8,11-12H2/t19-/m0/s1. The molecule has 1 aliphatic heterocycles. The maximum atomic E-state index is 12.9. The topological polar surface area (TPSA) is 58.4 Å². The Bertz CT molecular complexity index is 853. The minimum atomic E-state index is -0.421. The summed E-state index contributed by atoms with van der Waals surface area (Å²) in [4.78, 5) is 15.8. The zero-order valence-electron chi connectivity index (χ0n) is 14.4. The lowest BCUT2D eigenvalue weighted by molar-refractivity contribution is 0.0474. The van der Waals surface area contributed by atoms with Crippen LogP contribution in [0.5, 0.6) is 0 Å². The van der Waals surface area contributed by atoms with E-state index < -0.39 is 6.10 Å². The second-order valence-electron chi connectivity index (χ2n) is 6.59. The van der Waals surface area contributed by atoms with Crippen LogP contribution in [0.2, 0.25) is 0 Å². The molecule has 0 radical (unpaired) electrons. The van der Waals surface area contributed by atoms with Crippen molar-refractivity contribution in [2.24, 2.45) is 5.92 Å². The van der Waals surface area contributed by atoms with Gasteiger partial charge in [0.05, 0.1) is 11.8 Å². The maximum Gasteiger partial charge on any atom is 0.253 e. The molecule has 1 N–H and O–H groups in total. The minimum Gasteiger partial charge on any atom is -0.387 e. The van der Waals surface area contributed by atoms with Crippen LogP contribution in [-0.4, -0.2) is 38.8 Å². The highest BCUT2D eigenvalue weighted by atomic mass is 32.1. The molecule has 0 saturated carbocycles. The predicted octanol–water partition coefficient (Wildman–Crippen LogP) is 3.52. The first-order valence-electron chi connectivity index (χ1n) is 8.83. The summed E-state index contributed by atoms with van der Waals surface area (Å²) in [5, 5.41) is 16.7. The third-order valence-electron chi connectivity index (χ3n) is 4.97. The van der Waals surface area contributed by atoms with E-state index in [0.29, 0.717) is 18.7 Å². The van der Waals surface area contributed by atoms with Gasteiger partial charge in [-0.15, -0.1) is 11.3 Å². The zero-order chi connectivity index (χ0) is 17.9. The summed E-state index contributed by atoms with van der Waals surface area (Å²) < 4.78 is 1.75. The molecule has 1 aromatic carbocycles. The van der Waals surface area contributed by atoms with Crippen molar-refractivity contribution in [3.05, 3.63) is 70.7 Å². The van der Waals surface area contributed by atoms with E-state index in [1.54, 1.807) is 22.2 Å². The molecule has 1 amide bonds. The van der Waals surface area contributed by atoms with E-state index in [9.17, 15) is 9.90 Å². The highest BCUT2D eigenvalue weighted by Crippen LogP contribution is 2.33. The molecular formula is C20H21N3O2S. The predicted molar refractivity (Wildman–Crippen MR) is 101 cm³/mol. The van der Waals surface area contributed by atoms with Gasteiger partial charge in [-0.1, -0.05) is 12.1 Å². The summed E-state index contributed by atoms with van der Waals surface area (Å²) in [6, 6.07) is 13.4. The Balaban J connectivity index is 1.42. The molecule has 26 heavy (non-hydrogen) atoms.